The summed E-state index contributed by atoms with van der Waals surface area (Å²) in [5.74, 6) is -0.00452. The van der Waals surface area contributed by atoms with Gasteiger partial charge in [-0.25, -0.2) is 0 Å². The SMILES string of the molecule is CC[C@@H](C(=O)Nc1nnc(SCC(=O)c2ccc(C)cc2)s1)c1ccccc1. The summed E-state index contributed by atoms with van der Waals surface area (Å²) in [5.41, 5.74) is 2.78. The third kappa shape index (κ3) is 5.27. The van der Waals surface area contributed by atoms with Gasteiger partial charge in [0, 0.05) is 5.56 Å². The van der Waals surface area contributed by atoms with Gasteiger partial charge in [0.15, 0.2) is 10.1 Å². The third-order valence-electron chi connectivity index (χ3n) is 4.26. The van der Waals surface area contributed by atoms with Gasteiger partial charge in [-0.3, -0.25) is 14.9 Å². The molecule has 0 bridgehead atoms. The zero-order valence-electron chi connectivity index (χ0n) is 15.7. The summed E-state index contributed by atoms with van der Waals surface area (Å²) in [7, 11) is 0. The van der Waals surface area contributed by atoms with Crippen LogP contribution >= 0.6 is 23.1 Å². The van der Waals surface area contributed by atoms with Crippen molar-refractivity contribution in [2.24, 2.45) is 0 Å². The van der Waals surface area contributed by atoms with Crippen molar-refractivity contribution in [3.8, 4) is 0 Å². The number of hydrogen-bond acceptors (Lipinski definition) is 6. The molecule has 0 saturated carbocycles. The Morgan fingerprint density at radius 1 is 1.07 bits per heavy atom. The van der Waals surface area contributed by atoms with Gasteiger partial charge >= 0.3 is 0 Å². The van der Waals surface area contributed by atoms with Crippen molar-refractivity contribution >= 4 is 39.9 Å². The van der Waals surface area contributed by atoms with Crippen molar-refractivity contribution in [3.63, 3.8) is 0 Å². The predicted octanol–water partition coefficient (Wildman–Crippen LogP) is 4.95. The molecule has 144 valence electrons. The highest BCUT2D eigenvalue weighted by molar-refractivity contribution is 8.01. The van der Waals surface area contributed by atoms with Gasteiger partial charge in [-0.05, 0) is 18.9 Å². The number of rotatable bonds is 8. The van der Waals surface area contributed by atoms with E-state index in [1.54, 1.807) is 0 Å². The second-order valence-corrected chi connectivity index (χ2v) is 8.51. The molecule has 0 saturated heterocycles. The van der Waals surface area contributed by atoms with E-state index in [0.717, 1.165) is 11.1 Å². The van der Waals surface area contributed by atoms with E-state index in [0.29, 0.717) is 21.5 Å². The maximum atomic E-state index is 12.6. The molecular weight excluding hydrogens is 390 g/mol. The molecule has 1 N–H and O–H groups in total. The van der Waals surface area contributed by atoms with Crippen molar-refractivity contribution in [1.29, 1.82) is 0 Å². The Bertz CT molecular complexity index is 940. The van der Waals surface area contributed by atoms with Crippen LogP contribution in [0.1, 0.15) is 40.7 Å². The molecule has 1 amide bonds. The quantitative estimate of drug-likeness (QED) is 0.322. The number of hydrogen-bond donors (Lipinski definition) is 1. The standard InChI is InChI=1S/C21H21N3O2S2/c1-3-17(15-7-5-4-6-8-15)19(26)22-20-23-24-21(28-20)27-13-18(25)16-11-9-14(2)10-12-16/h4-12,17H,3,13H2,1-2H3,(H,22,23,26)/t17-/m1/s1. The number of ketones is 1. The molecule has 1 atom stereocenters. The molecule has 0 aliphatic heterocycles. The van der Waals surface area contributed by atoms with Gasteiger partial charge in [0.2, 0.25) is 11.0 Å². The minimum Gasteiger partial charge on any atom is -0.300 e. The Hall–Kier alpha value is -2.51. The van der Waals surface area contributed by atoms with E-state index >= 15 is 0 Å². The minimum absolute atomic E-state index is 0.0425. The molecular formula is C21H21N3O2S2. The Balaban J connectivity index is 1.57. The molecule has 1 aromatic heterocycles. The van der Waals surface area contributed by atoms with Crippen LogP contribution in [-0.2, 0) is 4.79 Å². The zero-order valence-corrected chi connectivity index (χ0v) is 17.3. The Morgan fingerprint density at radius 3 is 2.46 bits per heavy atom. The largest absolute Gasteiger partial charge is 0.300 e. The molecule has 5 nitrogen and oxygen atoms in total. The van der Waals surface area contributed by atoms with Crippen LogP contribution in [0.5, 0.6) is 0 Å². The molecule has 3 aromatic rings. The maximum Gasteiger partial charge on any atom is 0.233 e. The van der Waals surface area contributed by atoms with Gasteiger partial charge < -0.3 is 0 Å². The summed E-state index contributed by atoms with van der Waals surface area (Å²) in [4.78, 5) is 24.9. The van der Waals surface area contributed by atoms with Gasteiger partial charge in [-0.2, -0.15) is 0 Å². The zero-order chi connectivity index (χ0) is 19.9. The Kier molecular flexibility index (Phi) is 6.95. The van der Waals surface area contributed by atoms with E-state index < -0.39 is 0 Å². The number of amides is 1. The summed E-state index contributed by atoms with van der Waals surface area (Å²) in [6.07, 6.45) is 0.696. The second kappa shape index (κ2) is 9.61. The number of aryl methyl sites for hydroxylation is 1. The van der Waals surface area contributed by atoms with Crippen LogP contribution in [0.4, 0.5) is 5.13 Å². The topological polar surface area (TPSA) is 72.0 Å². The fourth-order valence-electron chi connectivity index (χ4n) is 2.72. The lowest BCUT2D eigenvalue weighted by Gasteiger charge is -2.13. The summed E-state index contributed by atoms with van der Waals surface area (Å²) >= 11 is 2.61. The first-order valence-corrected chi connectivity index (χ1v) is 10.8. The number of nitrogens with zero attached hydrogens (tertiary/aromatic N) is 2. The number of aromatic nitrogens is 2. The highest BCUT2D eigenvalue weighted by Gasteiger charge is 2.20. The van der Waals surface area contributed by atoms with Crippen LogP contribution in [0.15, 0.2) is 58.9 Å². The highest BCUT2D eigenvalue weighted by atomic mass is 32.2. The number of Topliss-reactive ketones (excluding diaryl/α,β-unsaturated/α-hetero) is 1. The summed E-state index contributed by atoms with van der Waals surface area (Å²) in [5, 5.41) is 11.4. The van der Waals surface area contributed by atoms with Crippen LogP contribution < -0.4 is 5.32 Å². The predicted molar refractivity (Wildman–Crippen MR) is 114 cm³/mol. The van der Waals surface area contributed by atoms with Crippen molar-refractivity contribution in [1.82, 2.24) is 10.2 Å². The molecule has 0 radical (unpaired) electrons. The monoisotopic (exact) mass is 411 g/mol. The Morgan fingerprint density at radius 2 is 1.79 bits per heavy atom. The number of thioether (sulfide) groups is 1. The number of anilines is 1. The highest BCUT2D eigenvalue weighted by Crippen LogP contribution is 2.28. The molecule has 2 aromatic carbocycles. The Labute approximate surface area is 172 Å². The van der Waals surface area contributed by atoms with E-state index in [-0.39, 0.29) is 23.4 Å². The summed E-state index contributed by atoms with van der Waals surface area (Å²) < 4.78 is 0.656. The van der Waals surface area contributed by atoms with Crippen molar-refractivity contribution in [2.45, 2.75) is 30.5 Å². The van der Waals surface area contributed by atoms with E-state index in [2.05, 4.69) is 15.5 Å². The van der Waals surface area contributed by atoms with Crippen molar-refractivity contribution in [3.05, 3.63) is 71.3 Å². The molecule has 0 aliphatic rings. The molecule has 0 spiro atoms. The first-order valence-electron chi connectivity index (χ1n) is 8.98. The fraction of sp³-hybridized carbons (Fsp3) is 0.238. The molecule has 7 heteroatoms. The average Bonchev–Trinajstić information content (AvgIpc) is 3.15. The average molecular weight is 412 g/mol. The van der Waals surface area contributed by atoms with Gasteiger partial charge in [-0.15, -0.1) is 10.2 Å². The summed E-state index contributed by atoms with van der Waals surface area (Å²) in [6, 6.07) is 17.2. The van der Waals surface area contributed by atoms with E-state index in [1.165, 1.54) is 23.1 Å². The maximum absolute atomic E-state index is 12.6. The summed E-state index contributed by atoms with van der Waals surface area (Å²) in [6.45, 7) is 3.97. The van der Waals surface area contributed by atoms with Crippen molar-refractivity contribution in [2.75, 3.05) is 11.1 Å². The molecule has 3 rings (SSSR count). The van der Waals surface area contributed by atoms with Crippen LogP contribution in [0.25, 0.3) is 0 Å². The molecule has 1 heterocycles. The molecule has 0 fully saturated rings. The number of carbonyl (C=O) groups is 2. The molecule has 0 unspecified atom stereocenters. The third-order valence-corrected chi connectivity index (χ3v) is 6.24. The minimum atomic E-state index is -0.232. The first kappa shape index (κ1) is 20.2. The number of nitrogens with one attached hydrogen (secondary N) is 1. The normalized spacial score (nSPS) is 11.8. The van der Waals surface area contributed by atoms with E-state index in [1.807, 2.05) is 68.4 Å². The smallest absolute Gasteiger partial charge is 0.233 e. The lowest BCUT2D eigenvalue weighted by atomic mass is 9.96. The van der Waals surface area contributed by atoms with Crippen LogP contribution in [-0.4, -0.2) is 27.6 Å². The first-order chi connectivity index (χ1) is 13.6. The lowest BCUT2D eigenvalue weighted by molar-refractivity contribution is -0.117. The van der Waals surface area contributed by atoms with Crippen LogP contribution in [0.3, 0.4) is 0 Å². The molecule has 0 aliphatic carbocycles. The molecule has 28 heavy (non-hydrogen) atoms. The van der Waals surface area contributed by atoms with Gasteiger partial charge in [-0.1, -0.05) is 90.2 Å². The van der Waals surface area contributed by atoms with E-state index in [9.17, 15) is 9.59 Å². The van der Waals surface area contributed by atoms with Crippen molar-refractivity contribution < 1.29 is 9.59 Å². The van der Waals surface area contributed by atoms with Crippen LogP contribution in [0, 0.1) is 6.92 Å². The number of benzene rings is 2. The van der Waals surface area contributed by atoms with Crippen LogP contribution in [0.2, 0.25) is 0 Å². The van der Waals surface area contributed by atoms with Gasteiger partial charge in [0.1, 0.15) is 0 Å². The van der Waals surface area contributed by atoms with E-state index in [4.69, 9.17) is 0 Å². The lowest BCUT2D eigenvalue weighted by Crippen LogP contribution is -2.20. The second-order valence-electron chi connectivity index (χ2n) is 6.31. The number of carbonyl (C=O) groups excluding carboxylic acids is 2. The van der Waals surface area contributed by atoms with Gasteiger partial charge in [0.05, 0.1) is 11.7 Å². The van der Waals surface area contributed by atoms with Gasteiger partial charge in [0.25, 0.3) is 0 Å². The fourth-order valence-corrected chi connectivity index (χ4v) is 4.37.